The highest BCUT2D eigenvalue weighted by Gasteiger charge is 2.29. The third-order valence-electron chi connectivity index (χ3n) is 5.00. The van der Waals surface area contributed by atoms with Crippen molar-refractivity contribution in [1.82, 2.24) is 9.55 Å². The molecule has 2 aromatic heterocycles. The maximum absolute atomic E-state index is 13.3. The molecule has 0 radical (unpaired) electrons. The Morgan fingerprint density at radius 2 is 2.12 bits per heavy atom. The number of hydrogen-bond donors (Lipinski definition) is 2. The standard InChI is InChI=1S/C18H20ClN5O/c1-10-12-9-13(15-14(19)7-4-8-21-15)17(25)24(11-5-2-3-6-11)16(12)23-18(20)22-10/h4,7-11H,2-3,5-6H2,1H3,(H3,20,22,23). The van der Waals surface area contributed by atoms with E-state index in [1.807, 2.05) is 17.6 Å². The summed E-state index contributed by atoms with van der Waals surface area (Å²) in [6.45, 7) is 1.97. The SMILES string of the molecule is CC1N=C(N)Nc2c1cc(-c1ncccc1Cl)c(=O)n2C1CCCC1. The monoisotopic (exact) mass is 357 g/mol. The first-order valence-corrected chi connectivity index (χ1v) is 8.94. The molecule has 1 fully saturated rings. The third-order valence-corrected chi connectivity index (χ3v) is 5.30. The molecule has 2 aliphatic rings. The zero-order chi connectivity index (χ0) is 17.6. The zero-order valence-corrected chi connectivity index (χ0v) is 14.8. The molecular weight excluding hydrogens is 338 g/mol. The molecule has 2 aromatic rings. The normalized spacial score (nSPS) is 20.1. The Bertz CT molecular complexity index is 914. The Hall–Kier alpha value is -2.34. The van der Waals surface area contributed by atoms with Gasteiger partial charge in [-0.3, -0.25) is 14.3 Å². The summed E-state index contributed by atoms with van der Waals surface area (Å²) in [6.07, 6.45) is 5.87. The van der Waals surface area contributed by atoms with Crippen LogP contribution in [0.4, 0.5) is 5.82 Å². The molecule has 7 heteroatoms. The van der Waals surface area contributed by atoms with Crippen LogP contribution < -0.4 is 16.6 Å². The van der Waals surface area contributed by atoms with E-state index in [0.717, 1.165) is 37.1 Å². The molecule has 1 unspecified atom stereocenters. The minimum atomic E-state index is -0.134. The van der Waals surface area contributed by atoms with Gasteiger partial charge in [-0.05, 0) is 38.0 Å². The lowest BCUT2D eigenvalue weighted by Crippen LogP contribution is -2.35. The van der Waals surface area contributed by atoms with Crippen LogP contribution in [0.3, 0.4) is 0 Å². The molecule has 130 valence electrons. The number of nitrogens with two attached hydrogens (primary N) is 1. The number of fused-ring (bicyclic) bond motifs is 1. The lowest BCUT2D eigenvalue weighted by atomic mass is 10.0. The molecular formula is C18H20ClN5O. The van der Waals surface area contributed by atoms with E-state index in [4.69, 9.17) is 17.3 Å². The Balaban J connectivity index is 2.00. The van der Waals surface area contributed by atoms with Gasteiger partial charge >= 0.3 is 0 Å². The van der Waals surface area contributed by atoms with E-state index in [1.54, 1.807) is 18.3 Å². The number of anilines is 1. The Kier molecular flexibility index (Phi) is 4.00. The van der Waals surface area contributed by atoms with Gasteiger partial charge in [-0.25, -0.2) is 4.99 Å². The first-order valence-electron chi connectivity index (χ1n) is 8.57. The van der Waals surface area contributed by atoms with Gasteiger partial charge in [-0.1, -0.05) is 24.4 Å². The van der Waals surface area contributed by atoms with Crippen LogP contribution in [0.5, 0.6) is 0 Å². The van der Waals surface area contributed by atoms with Gasteiger partial charge in [-0.2, -0.15) is 0 Å². The van der Waals surface area contributed by atoms with E-state index in [1.165, 1.54) is 0 Å². The number of nitrogens with zero attached hydrogens (tertiary/aromatic N) is 3. The molecule has 1 saturated carbocycles. The summed E-state index contributed by atoms with van der Waals surface area (Å²) >= 11 is 6.31. The second kappa shape index (κ2) is 6.19. The van der Waals surface area contributed by atoms with Crippen LogP contribution in [0.25, 0.3) is 11.3 Å². The van der Waals surface area contributed by atoms with Crippen molar-refractivity contribution in [2.75, 3.05) is 5.32 Å². The van der Waals surface area contributed by atoms with Crippen LogP contribution in [-0.4, -0.2) is 15.5 Å². The van der Waals surface area contributed by atoms with Gasteiger partial charge in [-0.15, -0.1) is 0 Å². The van der Waals surface area contributed by atoms with E-state index in [9.17, 15) is 4.79 Å². The van der Waals surface area contributed by atoms with Crippen molar-refractivity contribution in [3.8, 4) is 11.3 Å². The van der Waals surface area contributed by atoms with E-state index in [-0.39, 0.29) is 17.6 Å². The molecule has 1 atom stereocenters. The van der Waals surface area contributed by atoms with Crippen molar-refractivity contribution < 1.29 is 0 Å². The second-order valence-corrected chi connectivity index (χ2v) is 7.03. The van der Waals surface area contributed by atoms with Crippen molar-refractivity contribution in [3.05, 3.63) is 45.3 Å². The van der Waals surface area contributed by atoms with Crippen LogP contribution in [-0.2, 0) is 0 Å². The molecule has 0 saturated heterocycles. The minimum absolute atomic E-state index is 0.0827. The van der Waals surface area contributed by atoms with Gasteiger partial charge in [0, 0.05) is 17.8 Å². The van der Waals surface area contributed by atoms with Crippen molar-refractivity contribution in [2.45, 2.75) is 44.7 Å². The molecule has 4 rings (SSSR count). The predicted molar refractivity (Wildman–Crippen MR) is 100 cm³/mol. The van der Waals surface area contributed by atoms with Gasteiger partial charge in [0.05, 0.1) is 22.3 Å². The van der Waals surface area contributed by atoms with Gasteiger partial charge in [0.2, 0.25) is 0 Å². The highest BCUT2D eigenvalue weighted by atomic mass is 35.5. The number of guanidine groups is 1. The zero-order valence-electron chi connectivity index (χ0n) is 14.0. The van der Waals surface area contributed by atoms with Crippen molar-refractivity contribution in [2.24, 2.45) is 10.7 Å². The molecule has 0 spiro atoms. The number of aromatic nitrogens is 2. The van der Waals surface area contributed by atoms with Crippen LogP contribution in [0.15, 0.2) is 34.2 Å². The van der Waals surface area contributed by atoms with E-state index in [2.05, 4.69) is 15.3 Å². The van der Waals surface area contributed by atoms with Crippen LogP contribution >= 0.6 is 11.6 Å². The summed E-state index contributed by atoms with van der Waals surface area (Å²) in [4.78, 5) is 22.1. The number of rotatable bonds is 2. The highest BCUT2D eigenvalue weighted by Crippen LogP contribution is 2.37. The minimum Gasteiger partial charge on any atom is -0.370 e. The third kappa shape index (κ3) is 2.70. The summed E-state index contributed by atoms with van der Waals surface area (Å²) in [7, 11) is 0. The number of aliphatic imine (C=N–C) groups is 1. The fourth-order valence-corrected chi connectivity index (χ4v) is 4.03. The van der Waals surface area contributed by atoms with Crippen LogP contribution in [0.2, 0.25) is 5.02 Å². The van der Waals surface area contributed by atoms with Crippen LogP contribution in [0.1, 0.15) is 50.3 Å². The topological polar surface area (TPSA) is 85.3 Å². The summed E-state index contributed by atoms with van der Waals surface area (Å²) in [5, 5.41) is 3.58. The Morgan fingerprint density at radius 1 is 1.36 bits per heavy atom. The van der Waals surface area contributed by atoms with Crippen molar-refractivity contribution in [3.63, 3.8) is 0 Å². The maximum Gasteiger partial charge on any atom is 0.261 e. The van der Waals surface area contributed by atoms with Crippen molar-refractivity contribution >= 4 is 23.4 Å². The fourth-order valence-electron chi connectivity index (χ4n) is 3.80. The van der Waals surface area contributed by atoms with Gasteiger partial charge in [0.1, 0.15) is 5.82 Å². The highest BCUT2D eigenvalue weighted by molar-refractivity contribution is 6.33. The van der Waals surface area contributed by atoms with Gasteiger partial charge in [0.15, 0.2) is 5.96 Å². The number of hydrogen-bond acceptors (Lipinski definition) is 5. The summed E-state index contributed by atoms with van der Waals surface area (Å²) < 4.78 is 1.85. The maximum atomic E-state index is 13.3. The Labute approximate surface area is 150 Å². The first kappa shape index (κ1) is 16.1. The number of halogens is 1. The van der Waals surface area contributed by atoms with E-state index >= 15 is 0 Å². The average molecular weight is 358 g/mol. The van der Waals surface area contributed by atoms with Crippen LogP contribution in [0, 0.1) is 0 Å². The predicted octanol–water partition coefficient (Wildman–Crippen LogP) is 3.48. The quantitative estimate of drug-likeness (QED) is 0.861. The molecule has 0 amide bonds. The van der Waals surface area contributed by atoms with Crippen molar-refractivity contribution in [1.29, 1.82) is 0 Å². The molecule has 1 aliphatic heterocycles. The summed E-state index contributed by atoms with van der Waals surface area (Å²) in [5.41, 5.74) is 7.81. The molecule has 0 aromatic carbocycles. The van der Waals surface area contributed by atoms with E-state index < -0.39 is 0 Å². The summed E-state index contributed by atoms with van der Waals surface area (Å²) in [6, 6.07) is 5.39. The lowest BCUT2D eigenvalue weighted by molar-refractivity contribution is 0.505. The molecule has 3 heterocycles. The molecule has 6 nitrogen and oxygen atoms in total. The van der Waals surface area contributed by atoms with E-state index in [0.29, 0.717) is 22.2 Å². The Morgan fingerprint density at radius 3 is 2.84 bits per heavy atom. The lowest BCUT2D eigenvalue weighted by Gasteiger charge is -2.28. The molecule has 0 bridgehead atoms. The average Bonchev–Trinajstić information content (AvgIpc) is 3.09. The smallest absolute Gasteiger partial charge is 0.261 e. The first-order chi connectivity index (χ1) is 12.1. The fraction of sp³-hybridized carbons (Fsp3) is 0.389. The number of pyridine rings is 2. The largest absolute Gasteiger partial charge is 0.370 e. The van der Waals surface area contributed by atoms with Gasteiger partial charge in [0.25, 0.3) is 5.56 Å². The summed E-state index contributed by atoms with van der Waals surface area (Å²) in [5.74, 6) is 1.10. The number of nitrogens with one attached hydrogen (secondary N) is 1. The second-order valence-electron chi connectivity index (χ2n) is 6.62. The molecule has 3 N–H and O–H groups in total. The molecule has 1 aliphatic carbocycles. The van der Waals surface area contributed by atoms with Gasteiger partial charge < -0.3 is 11.1 Å². The molecule has 25 heavy (non-hydrogen) atoms.